The Morgan fingerprint density at radius 1 is 1.33 bits per heavy atom. The Labute approximate surface area is 95.7 Å². The van der Waals surface area contributed by atoms with Crippen LogP contribution in [0.1, 0.15) is 25.6 Å². The molecule has 2 rings (SSSR count). The van der Waals surface area contributed by atoms with Crippen molar-refractivity contribution in [1.82, 2.24) is 24.7 Å². The monoisotopic (exact) mass is 267 g/mol. The molecule has 0 aliphatic heterocycles. The summed E-state index contributed by atoms with van der Waals surface area (Å²) in [6, 6.07) is 1.81. The molecule has 0 aliphatic rings. The van der Waals surface area contributed by atoms with E-state index in [-0.39, 0.29) is 5.92 Å². The third-order valence-electron chi connectivity index (χ3n) is 1.87. The van der Waals surface area contributed by atoms with Gasteiger partial charge in [0.05, 0.1) is 0 Å². The summed E-state index contributed by atoms with van der Waals surface area (Å²) in [7, 11) is 0. The van der Waals surface area contributed by atoms with Gasteiger partial charge in [-0.3, -0.25) is 0 Å². The number of nitrogens with zero attached hydrogens (tertiary/aromatic N) is 5. The Kier molecular flexibility index (Phi) is 2.77. The summed E-state index contributed by atoms with van der Waals surface area (Å²) in [5.41, 5.74) is 0. The molecule has 0 saturated heterocycles. The van der Waals surface area contributed by atoms with Crippen molar-refractivity contribution >= 4 is 15.9 Å². The molecule has 0 N–H and O–H groups in total. The van der Waals surface area contributed by atoms with Crippen LogP contribution in [0.3, 0.4) is 0 Å². The van der Waals surface area contributed by atoms with Crippen LogP contribution in [-0.4, -0.2) is 24.7 Å². The van der Waals surface area contributed by atoms with Gasteiger partial charge in [0.25, 0.3) is 0 Å². The van der Waals surface area contributed by atoms with E-state index >= 15 is 0 Å². The van der Waals surface area contributed by atoms with Crippen LogP contribution in [0.5, 0.6) is 0 Å². The maximum atomic E-state index is 4.39. The van der Waals surface area contributed by atoms with Crippen molar-refractivity contribution < 1.29 is 0 Å². The Hall–Kier alpha value is -1.30. The van der Waals surface area contributed by atoms with Crippen molar-refractivity contribution in [3.05, 3.63) is 29.1 Å². The van der Waals surface area contributed by atoms with Crippen molar-refractivity contribution in [2.45, 2.75) is 19.8 Å². The fourth-order valence-corrected chi connectivity index (χ4v) is 1.51. The van der Waals surface area contributed by atoms with Crippen molar-refractivity contribution in [1.29, 1.82) is 0 Å². The molecule has 0 aromatic carbocycles. The maximum Gasteiger partial charge on any atom is 0.160 e. The third kappa shape index (κ3) is 2.20. The lowest BCUT2D eigenvalue weighted by atomic mass is 10.2. The van der Waals surface area contributed by atoms with Crippen LogP contribution >= 0.6 is 15.9 Å². The molecule has 78 valence electrons. The Bertz CT molecular complexity index is 452. The molecular weight excluding hydrogens is 258 g/mol. The van der Waals surface area contributed by atoms with Gasteiger partial charge in [0, 0.05) is 12.0 Å². The summed E-state index contributed by atoms with van der Waals surface area (Å²) < 4.78 is 2.37. The second-order valence-corrected chi connectivity index (χ2v) is 4.21. The van der Waals surface area contributed by atoms with Crippen LogP contribution in [0.2, 0.25) is 0 Å². The zero-order chi connectivity index (χ0) is 10.8. The lowest BCUT2D eigenvalue weighted by Gasteiger charge is -2.06. The Morgan fingerprint density at radius 2 is 2.13 bits per heavy atom. The lowest BCUT2D eigenvalue weighted by molar-refractivity contribution is 0.740. The molecule has 0 radical (unpaired) electrons. The molecule has 5 nitrogen and oxygen atoms in total. The predicted molar refractivity (Wildman–Crippen MR) is 58.7 cm³/mol. The molecule has 2 aromatic rings. The van der Waals surface area contributed by atoms with E-state index in [2.05, 4.69) is 36.0 Å². The first-order valence-electron chi connectivity index (χ1n) is 4.56. The second kappa shape index (κ2) is 4.06. The highest BCUT2D eigenvalue weighted by Gasteiger charge is 2.08. The molecule has 0 unspecified atom stereocenters. The highest BCUT2D eigenvalue weighted by molar-refractivity contribution is 9.10. The standard InChI is InChI=1S/C9H10BrN5/c1-6(2)9-13-7(10)3-8(14-9)15-5-11-4-12-15/h3-6H,1-2H3. The molecule has 2 aromatic heterocycles. The van der Waals surface area contributed by atoms with E-state index < -0.39 is 0 Å². The molecule has 0 aliphatic carbocycles. The van der Waals surface area contributed by atoms with Gasteiger partial charge in [-0.15, -0.1) is 0 Å². The molecule has 0 fully saturated rings. The van der Waals surface area contributed by atoms with Gasteiger partial charge in [-0.1, -0.05) is 13.8 Å². The lowest BCUT2D eigenvalue weighted by Crippen LogP contribution is -2.04. The molecular formula is C9H10BrN5. The highest BCUT2D eigenvalue weighted by Crippen LogP contribution is 2.16. The molecule has 0 saturated carbocycles. The summed E-state index contributed by atoms with van der Waals surface area (Å²) in [6.07, 6.45) is 3.09. The van der Waals surface area contributed by atoms with Crippen LogP contribution in [0.4, 0.5) is 0 Å². The predicted octanol–water partition coefficient (Wildman–Crippen LogP) is 1.94. The largest absolute Gasteiger partial charge is 0.226 e. The SMILES string of the molecule is CC(C)c1nc(Br)cc(-n2cncn2)n1. The minimum Gasteiger partial charge on any atom is -0.226 e. The highest BCUT2D eigenvalue weighted by atomic mass is 79.9. The molecule has 0 amide bonds. The summed E-state index contributed by atoms with van der Waals surface area (Å²) >= 11 is 3.35. The van der Waals surface area contributed by atoms with Gasteiger partial charge in [-0.25, -0.2) is 19.6 Å². The minimum absolute atomic E-state index is 0.282. The molecule has 15 heavy (non-hydrogen) atoms. The van der Waals surface area contributed by atoms with Crippen LogP contribution in [0, 0.1) is 0 Å². The number of hydrogen-bond acceptors (Lipinski definition) is 4. The first-order chi connectivity index (χ1) is 7.16. The van der Waals surface area contributed by atoms with Gasteiger partial charge in [0.15, 0.2) is 5.82 Å². The van der Waals surface area contributed by atoms with Crippen LogP contribution in [-0.2, 0) is 0 Å². The van der Waals surface area contributed by atoms with Crippen LogP contribution in [0.25, 0.3) is 5.82 Å². The summed E-state index contributed by atoms with van der Waals surface area (Å²) in [6.45, 7) is 4.10. The average molecular weight is 268 g/mol. The second-order valence-electron chi connectivity index (χ2n) is 3.40. The average Bonchev–Trinajstić information content (AvgIpc) is 2.69. The van der Waals surface area contributed by atoms with Gasteiger partial charge in [0.1, 0.15) is 23.1 Å². The van der Waals surface area contributed by atoms with E-state index in [9.17, 15) is 0 Å². The first-order valence-corrected chi connectivity index (χ1v) is 5.35. The number of halogens is 1. The van der Waals surface area contributed by atoms with E-state index in [1.54, 1.807) is 17.1 Å². The topological polar surface area (TPSA) is 56.5 Å². The fraction of sp³-hybridized carbons (Fsp3) is 0.333. The molecule has 6 heteroatoms. The number of aromatic nitrogens is 5. The van der Waals surface area contributed by atoms with Gasteiger partial charge >= 0.3 is 0 Å². The van der Waals surface area contributed by atoms with E-state index in [1.165, 1.54) is 6.33 Å². The van der Waals surface area contributed by atoms with Crippen molar-refractivity contribution in [3.8, 4) is 5.82 Å². The molecule has 2 heterocycles. The minimum atomic E-state index is 0.282. The van der Waals surface area contributed by atoms with E-state index in [0.717, 1.165) is 16.2 Å². The van der Waals surface area contributed by atoms with Crippen molar-refractivity contribution in [3.63, 3.8) is 0 Å². The summed E-state index contributed by atoms with van der Waals surface area (Å²) in [5.74, 6) is 1.79. The maximum absolute atomic E-state index is 4.39. The molecule has 0 spiro atoms. The smallest absolute Gasteiger partial charge is 0.160 e. The fourth-order valence-electron chi connectivity index (χ4n) is 1.12. The van der Waals surface area contributed by atoms with Gasteiger partial charge in [0.2, 0.25) is 0 Å². The van der Waals surface area contributed by atoms with Crippen LogP contribution < -0.4 is 0 Å². The van der Waals surface area contributed by atoms with E-state index in [4.69, 9.17) is 0 Å². The van der Waals surface area contributed by atoms with Crippen molar-refractivity contribution in [2.75, 3.05) is 0 Å². The molecule has 0 atom stereocenters. The Morgan fingerprint density at radius 3 is 2.73 bits per heavy atom. The third-order valence-corrected chi connectivity index (χ3v) is 2.27. The van der Waals surface area contributed by atoms with Gasteiger partial charge in [-0.2, -0.15) is 5.10 Å². The Balaban J connectivity index is 2.49. The summed E-state index contributed by atoms with van der Waals surface area (Å²) in [4.78, 5) is 12.6. The normalized spacial score (nSPS) is 10.9. The van der Waals surface area contributed by atoms with Gasteiger partial charge in [-0.05, 0) is 15.9 Å². The summed E-state index contributed by atoms with van der Waals surface area (Å²) in [5, 5.41) is 4.02. The zero-order valence-electron chi connectivity index (χ0n) is 8.42. The number of hydrogen-bond donors (Lipinski definition) is 0. The van der Waals surface area contributed by atoms with E-state index in [0.29, 0.717) is 0 Å². The van der Waals surface area contributed by atoms with Crippen molar-refractivity contribution in [2.24, 2.45) is 0 Å². The number of rotatable bonds is 2. The van der Waals surface area contributed by atoms with Gasteiger partial charge < -0.3 is 0 Å². The molecule has 0 bridgehead atoms. The zero-order valence-corrected chi connectivity index (χ0v) is 10.0. The quantitative estimate of drug-likeness (QED) is 0.781. The van der Waals surface area contributed by atoms with E-state index in [1.807, 2.05) is 13.8 Å². The van der Waals surface area contributed by atoms with Crippen LogP contribution in [0.15, 0.2) is 23.3 Å². The first kappa shape index (κ1) is 10.2.